The van der Waals surface area contributed by atoms with Gasteiger partial charge in [-0.2, -0.15) is 9.41 Å². The second-order valence-corrected chi connectivity index (χ2v) is 11.3. The maximum Gasteiger partial charge on any atom is 0.309 e. The highest BCUT2D eigenvalue weighted by Gasteiger charge is 2.32. The van der Waals surface area contributed by atoms with Crippen LogP contribution in [-0.4, -0.2) is 63.8 Å². The lowest BCUT2D eigenvalue weighted by Gasteiger charge is -2.30. The van der Waals surface area contributed by atoms with Gasteiger partial charge in [0.25, 0.3) is 0 Å². The molecule has 4 rings (SSSR count). The SMILES string of the molecule is CCOC(=O)C1CCN(S(=O)(=O)c2cccc(-c3csc(N/N=C/c4ccc(OC)cc4OC)n3)c2)CC1. The Bertz CT molecular complexity index is 1400. The number of anilines is 1. The molecule has 1 aromatic heterocycles. The average Bonchev–Trinajstić information content (AvgIpc) is 3.42. The summed E-state index contributed by atoms with van der Waals surface area (Å²) >= 11 is 1.35. The van der Waals surface area contributed by atoms with E-state index in [1.165, 1.54) is 15.6 Å². The van der Waals surface area contributed by atoms with E-state index in [-0.39, 0.29) is 29.9 Å². The number of ether oxygens (including phenoxy) is 3. The Kier molecular flexibility index (Phi) is 8.97. The number of hydrazone groups is 1. The fourth-order valence-electron chi connectivity index (χ4n) is 4.10. The number of sulfonamides is 1. The number of aromatic nitrogens is 1. The Hall–Kier alpha value is -3.48. The van der Waals surface area contributed by atoms with Gasteiger partial charge in [-0.05, 0) is 44.0 Å². The number of methoxy groups -OCH3 is 2. The molecule has 2 heterocycles. The van der Waals surface area contributed by atoms with Crippen molar-refractivity contribution >= 4 is 38.7 Å². The summed E-state index contributed by atoms with van der Waals surface area (Å²) in [6.45, 7) is 2.64. The van der Waals surface area contributed by atoms with Crippen molar-refractivity contribution in [3.63, 3.8) is 0 Å². The quantitative estimate of drug-likeness (QED) is 0.223. The number of thiazole rings is 1. The third-order valence-corrected chi connectivity index (χ3v) is 8.79. The fourth-order valence-corrected chi connectivity index (χ4v) is 6.28. The molecule has 1 aliphatic heterocycles. The van der Waals surface area contributed by atoms with Crippen molar-refractivity contribution in [2.75, 3.05) is 39.3 Å². The second-order valence-electron chi connectivity index (χ2n) is 8.47. The topological polar surface area (TPSA) is 119 Å². The van der Waals surface area contributed by atoms with Crippen molar-refractivity contribution in [3.05, 3.63) is 53.4 Å². The Morgan fingerprint density at radius 2 is 1.97 bits per heavy atom. The minimum Gasteiger partial charge on any atom is -0.497 e. The summed E-state index contributed by atoms with van der Waals surface area (Å²) in [6.07, 6.45) is 2.52. The predicted molar refractivity (Wildman–Crippen MR) is 146 cm³/mol. The molecule has 1 aliphatic rings. The number of hydrogen-bond acceptors (Lipinski definition) is 10. The Balaban J connectivity index is 1.43. The fraction of sp³-hybridized carbons (Fsp3) is 0.346. The van der Waals surface area contributed by atoms with Crippen molar-refractivity contribution < 1.29 is 27.4 Å². The zero-order chi connectivity index (χ0) is 27.1. The van der Waals surface area contributed by atoms with Gasteiger partial charge in [0.2, 0.25) is 15.2 Å². The van der Waals surface area contributed by atoms with E-state index >= 15 is 0 Å². The third-order valence-electron chi connectivity index (χ3n) is 6.15. The molecule has 0 unspecified atom stereocenters. The van der Waals surface area contributed by atoms with Gasteiger partial charge in [0.1, 0.15) is 11.5 Å². The summed E-state index contributed by atoms with van der Waals surface area (Å²) in [6, 6.07) is 12.1. The van der Waals surface area contributed by atoms with Gasteiger partial charge >= 0.3 is 5.97 Å². The molecule has 0 radical (unpaired) electrons. The number of carbonyl (C=O) groups is 1. The summed E-state index contributed by atoms with van der Waals surface area (Å²) in [5.74, 6) is 0.786. The minimum atomic E-state index is -3.71. The van der Waals surface area contributed by atoms with Crippen LogP contribution in [0.1, 0.15) is 25.3 Å². The normalized spacial score (nSPS) is 14.9. The third kappa shape index (κ3) is 6.32. The Morgan fingerprint density at radius 1 is 1.18 bits per heavy atom. The molecule has 1 N–H and O–H groups in total. The molecule has 0 bridgehead atoms. The maximum absolute atomic E-state index is 13.3. The number of nitrogens with zero attached hydrogens (tertiary/aromatic N) is 3. The lowest BCUT2D eigenvalue weighted by atomic mass is 9.98. The largest absolute Gasteiger partial charge is 0.497 e. The van der Waals surface area contributed by atoms with E-state index in [1.807, 2.05) is 23.6 Å². The van der Waals surface area contributed by atoms with E-state index in [4.69, 9.17) is 14.2 Å². The lowest BCUT2D eigenvalue weighted by molar-refractivity contribution is -0.149. The first-order chi connectivity index (χ1) is 18.3. The van der Waals surface area contributed by atoms with Crippen LogP contribution >= 0.6 is 11.3 Å². The second kappa shape index (κ2) is 12.4. The van der Waals surface area contributed by atoms with Gasteiger partial charge < -0.3 is 14.2 Å². The van der Waals surface area contributed by atoms with E-state index < -0.39 is 10.0 Å². The Morgan fingerprint density at radius 3 is 2.68 bits per heavy atom. The number of hydrogen-bond donors (Lipinski definition) is 1. The monoisotopic (exact) mass is 558 g/mol. The number of carbonyl (C=O) groups excluding carboxylic acids is 1. The number of benzene rings is 2. The van der Waals surface area contributed by atoms with Crippen LogP contribution < -0.4 is 14.9 Å². The lowest BCUT2D eigenvalue weighted by Crippen LogP contribution is -2.40. The van der Waals surface area contributed by atoms with Crippen LogP contribution in [0, 0.1) is 5.92 Å². The highest BCUT2D eigenvalue weighted by Crippen LogP contribution is 2.30. The molecule has 38 heavy (non-hydrogen) atoms. The number of esters is 1. The molecule has 3 aromatic rings. The molecule has 1 saturated heterocycles. The van der Waals surface area contributed by atoms with E-state index in [0.717, 1.165) is 5.56 Å². The molecular weight excluding hydrogens is 528 g/mol. The van der Waals surface area contributed by atoms with Gasteiger partial charge in [0, 0.05) is 35.7 Å². The van der Waals surface area contributed by atoms with Crippen LogP contribution in [0.2, 0.25) is 0 Å². The van der Waals surface area contributed by atoms with Crippen LogP contribution in [-0.2, 0) is 19.6 Å². The van der Waals surface area contributed by atoms with Crippen molar-refractivity contribution in [1.29, 1.82) is 0 Å². The van der Waals surface area contributed by atoms with Crippen LogP contribution in [0.25, 0.3) is 11.3 Å². The molecular formula is C26H30N4O6S2. The van der Waals surface area contributed by atoms with Crippen LogP contribution in [0.5, 0.6) is 11.5 Å². The zero-order valence-corrected chi connectivity index (χ0v) is 23.0. The van der Waals surface area contributed by atoms with Crippen LogP contribution in [0.15, 0.2) is 57.8 Å². The Labute approximate surface area is 226 Å². The van der Waals surface area contributed by atoms with E-state index in [9.17, 15) is 13.2 Å². The van der Waals surface area contributed by atoms with Crippen LogP contribution in [0.4, 0.5) is 5.13 Å². The van der Waals surface area contributed by atoms with E-state index in [2.05, 4.69) is 15.5 Å². The molecule has 12 heteroatoms. The summed E-state index contributed by atoms with van der Waals surface area (Å²) < 4.78 is 43.7. The van der Waals surface area contributed by atoms with Gasteiger partial charge in [-0.15, -0.1) is 11.3 Å². The number of rotatable bonds is 10. The highest BCUT2D eigenvalue weighted by atomic mass is 32.2. The average molecular weight is 559 g/mol. The molecule has 0 saturated carbocycles. The summed E-state index contributed by atoms with van der Waals surface area (Å²) in [7, 11) is -0.542. The summed E-state index contributed by atoms with van der Waals surface area (Å²) in [5, 5.41) is 6.64. The summed E-state index contributed by atoms with van der Waals surface area (Å²) in [4.78, 5) is 16.7. The van der Waals surface area contributed by atoms with Gasteiger partial charge in [-0.3, -0.25) is 10.2 Å². The first-order valence-corrected chi connectivity index (χ1v) is 14.4. The van der Waals surface area contributed by atoms with Crippen LogP contribution in [0.3, 0.4) is 0 Å². The number of piperidine rings is 1. The molecule has 202 valence electrons. The maximum atomic E-state index is 13.3. The molecule has 1 fully saturated rings. The smallest absolute Gasteiger partial charge is 0.309 e. The molecule has 0 amide bonds. The van der Waals surface area contributed by atoms with Crippen molar-refractivity contribution in [2.24, 2.45) is 11.0 Å². The van der Waals surface area contributed by atoms with Gasteiger partial charge in [0.15, 0.2) is 0 Å². The summed E-state index contributed by atoms with van der Waals surface area (Å²) in [5.41, 5.74) is 4.98. The predicted octanol–water partition coefficient (Wildman–Crippen LogP) is 4.24. The van der Waals surface area contributed by atoms with Crippen molar-refractivity contribution in [1.82, 2.24) is 9.29 Å². The molecule has 10 nitrogen and oxygen atoms in total. The minimum absolute atomic E-state index is 0.191. The molecule has 0 spiro atoms. The standard InChI is InChI=1S/C26H30N4O6S2/c1-4-36-25(31)18-10-12-30(13-11-18)38(32,33)22-7-5-6-19(14-22)23-17-37-26(28-23)29-27-16-20-8-9-21(34-2)15-24(20)35-3/h5-9,14-18H,4,10-13H2,1-3H3,(H,28,29)/b27-16+. The number of nitrogens with one attached hydrogen (secondary N) is 1. The van der Waals surface area contributed by atoms with Gasteiger partial charge in [0.05, 0.1) is 43.5 Å². The zero-order valence-electron chi connectivity index (χ0n) is 21.4. The molecule has 0 atom stereocenters. The highest BCUT2D eigenvalue weighted by molar-refractivity contribution is 7.89. The molecule has 2 aromatic carbocycles. The van der Waals surface area contributed by atoms with Crippen molar-refractivity contribution in [2.45, 2.75) is 24.7 Å². The van der Waals surface area contributed by atoms with Gasteiger partial charge in [-0.1, -0.05) is 12.1 Å². The van der Waals surface area contributed by atoms with Gasteiger partial charge in [-0.25, -0.2) is 13.4 Å². The first kappa shape index (κ1) is 27.6. The van der Waals surface area contributed by atoms with Crippen molar-refractivity contribution in [3.8, 4) is 22.8 Å². The first-order valence-electron chi connectivity index (χ1n) is 12.1. The molecule has 0 aliphatic carbocycles. The van der Waals surface area contributed by atoms with E-state index in [1.54, 1.807) is 51.6 Å². The van der Waals surface area contributed by atoms with E-state index in [0.29, 0.717) is 47.3 Å².